The molecule has 0 fully saturated rings. The molecule has 3 nitrogen and oxygen atoms in total. The van der Waals surface area contributed by atoms with Crippen molar-refractivity contribution in [1.29, 1.82) is 0 Å². The second-order valence-corrected chi connectivity index (χ2v) is 4.83. The van der Waals surface area contributed by atoms with Crippen molar-refractivity contribution >= 4 is 10.9 Å². The number of rotatable bonds is 1. The fourth-order valence-corrected chi connectivity index (χ4v) is 2.90. The lowest BCUT2D eigenvalue weighted by atomic mass is 9.95. The molecule has 17 heavy (non-hydrogen) atoms. The summed E-state index contributed by atoms with van der Waals surface area (Å²) < 4.78 is 7.59. The van der Waals surface area contributed by atoms with Crippen LogP contribution in [-0.2, 0) is 13.6 Å². The number of hydrogen-bond acceptors (Lipinski definition) is 2. The van der Waals surface area contributed by atoms with Crippen LogP contribution in [-0.4, -0.2) is 18.2 Å². The van der Waals surface area contributed by atoms with Gasteiger partial charge in [-0.05, 0) is 23.6 Å². The summed E-state index contributed by atoms with van der Waals surface area (Å²) in [5.74, 6) is 1.51. The summed E-state index contributed by atoms with van der Waals surface area (Å²) in [6.07, 6.45) is 0. The summed E-state index contributed by atoms with van der Waals surface area (Å²) in [5, 5.41) is 4.84. The molecular formula is C14H18N2O. The van der Waals surface area contributed by atoms with E-state index in [0.717, 1.165) is 18.8 Å². The second-order valence-electron chi connectivity index (χ2n) is 4.83. The number of benzene rings is 1. The van der Waals surface area contributed by atoms with Crippen LogP contribution in [0.1, 0.15) is 24.1 Å². The number of fused-ring (bicyclic) bond motifs is 3. The van der Waals surface area contributed by atoms with E-state index in [1.807, 2.05) is 0 Å². The van der Waals surface area contributed by atoms with E-state index < -0.39 is 0 Å². The SMILES string of the molecule is COc1ccc2c3c(n(C)c2c1)CNCC3C. The van der Waals surface area contributed by atoms with Crippen LogP contribution in [0.5, 0.6) is 5.75 Å². The van der Waals surface area contributed by atoms with Crippen molar-refractivity contribution in [2.24, 2.45) is 7.05 Å². The highest BCUT2D eigenvalue weighted by molar-refractivity contribution is 5.87. The van der Waals surface area contributed by atoms with Gasteiger partial charge in [-0.1, -0.05) is 6.92 Å². The first kappa shape index (κ1) is 10.7. The first-order chi connectivity index (χ1) is 8.22. The summed E-state index contributed by atoms with van der Waals surface area (Å²) in [6.45, 7) is 4.32. The lowest BCUT2D eigenvalue weighted by Gasteiger charge is -2.21. The van der Waals surface area contributed by atoms with Gasteiger partial charge in [0, 0.05) is 37.3 Å². The maximum atomic E-state index is 5.31. The second kappa shape index (κ2) is 3.77. The first-order valence-corrected chi connectivity index (χ1v) is 6.08. The Labute approximate surface area is 101 Å². The van der Waals surface area contributed by atoms with Crippen LogP contribution in [0.25, 0.3) is 10.9 Å². The van der Waals surface area contributed by atoms with Crippen molar-refractivity contribution in [3.8, 4) is 5.75 Å². The van der Waals surface area contributed by atoms with Crippen LogP contribution < -0.4 is 10.1 Å². The monoisotopic (exact) mass is 230 g/mol. The van der Waals surface area contributed by atoms with E-state index in [4.69, 9.17) is 4.74 Å². The minimum Gasteiger partial charge on any atom is -0.497 e. The molecule has 3 rings (SSSR count). The molecule has 1 aliphatic rings. The van der Waals surface area contributed by atoms with Gasteiger partial charge in [-0.15, -0.1) is 0 Å². The molecule has 1 unspecified atom stereocenters. The molecule has 90 valence electrons. The fourth-order valence-electron chi connectivity index (χ4n) is 2.90. The first-order valence-electron chi connectivity index (χ1n) is 6.08. The van der Waals surface area contributed by atoms with Gasteiger partial charge in [-0.25, -0.2) is 0 Å². The standard InChI is InChI=1S/C14H18N2O/c1-9-7-15-8-13-14(9)11-5-4-10(17-3)6-12(11)16(13)2/h4-6,9,15H,7-8H2,1-3H3. The molecule has 0 saturated heterocycles. The third-order valence-electron chi connectivity index (χ3n) is 3.81. The quantitative estimate of drug-likeness (QED) is 0.814. The zero-order valence-corrected chi connectivity index (χ0v) is 10.6. The molecule has 2 aromatic rings. The molecule has 1 aromatic carbocycles. The van der Waals surface area contributed by atoms with Crippen LogP contribution in [0, 0.1) is 0 Å². The predicted molar refractivity (Wildman–Crippen MR) is 69.6 cm³/mol. The largest absolute Gasteiger partial charge is 0.497 e. The number of nitrogens with zero attached hydrogens (tertiary/aromatic N) is 1. The van der Waals surface area contributed by atoms with Crippen LogP contribution in [0.2, 0.25) is 0 Å². The van der Waals surface area contributed by atoms with Crippen molar-refractivity contribution in [2.75, 3.05) is 13.7 Å². The van der Waals surface area contributed by atoms with Crippen molar-refractivity contribution in [3.63, 3.8) is 0 Å². The summed E-state index contributed by atoms with van der Waals surface area (Å²) >= 11 is 0. The summed E-state index contributed by atoms with van der Waals surface area (Å²) in [7, 11) is 3.86. The molecule has 1 aliphatic heterocycles. The van der Waals surface area contributed by atoms with E-state index in [0.29, 0.717) is 5.92 Å². The topological polar surface area (TPSA) is 26.2 Å². The molecule has 0 radical (unpaired) electrons. The summed E-state index contributed by atoms with van der Waals surface area (Å²) in [5.41, 5.74) is 4.18. The minimum absolute atomic E-state index is 0.579. The van der Waals surface area contributed by atoms with Gasteiger partial charge in [0.1, 0.15) is 5.75 Å². The number of aromatic nitrogens is 1. The van der Waals surface area contributed by atoms with Crippen molar-refractivity contribution < 1.29 is 4.74 Å². The van der Waals surface area contributed by atoms with Crippen molar-refractivity contribution in [2.45, 2.75) is 19.4 Å². The number of aryl methyl sites for hydroxylation is 1. The van der Waals surface area contributed by atoms with Crippen molar-refractivity contribution in [3.05, 3.63) is 29.5 Å². The van der Waals surface area contributed by atoms with Crippen LogP contribution in [0.3, 0.4) is 0 Å². The molecule has 0 bridgehead atoms. The Morgan fingerprint density at radius 2 is 2.24 bits per heavy atom. The number of ether oxygens (including phenoxy) is 1. The van der Waals surface area contributed by atoms with E-state index in [1.165, 1.54) is 22.2 Å². The Kier molecular flexibility index (Phi) is 2.37. The Hall–Kier alpha value is -1.48. The summed E-state index contributed by atoms with van der Waals surface area (Å²) in [4.78, 5) is 0. The number of nitrogens with one attached hydrogen (secondary N) is 1. The van der Waals surface area contributed by atoms with Gasteiger partial charge < -0.3 is 14.6 Å². The highest BCUT2D eigenvalue weighted by Crippen LogP contribution is 2.35. The van der Waals surface area contributed by atoms with Gasteiger partial charge in [-0.3, -0.25) is 0 Å². The highest BCUT2D eigenvalue weighted by atomic mass is 16.5. The molecule has 0 amide bonds. The van der Waals surface area contributed by atoms with Gasteiger partial charge in [0.05, 0.1) is 12.6 Å². The average Bonchev–Trinajstić information content (AvgIpc) is 2.64. The van der Waals surface area contributed by atoms with Gasteiger partial charge in [0.25, 0.3) is 0 Å². The maximum absolute atomic E-state index is 5.31. The Morgan fingerprint density at radius 1 is 1.41 bits per heavy atom. The third kappa shape index (κ3) is 1.46. The highest BCUT2D eigenvalue weighted by Gasteiger charge is 2.23. The van der Waals surface area contributed by atoms with E-state index in [1.54, 1.807) is 7.11 Å². The molecule has 3 heteroatoms. The molecule has 0 spiro atoms. The van der Waals surface area contributed by atoms with Gasteiger partial charge in [0.2, 0.25) is 0 Å². The van der Waals surface area contributed by atoms with E-state index in [2.05, 4.69) is 42.1 Å². The summed E-state index contributed by atoms with van der Waals surface area (Å²) in [6, 6.07) is 6.37. The zero-order chi connectivity index (χ0) is 12.0. The molecule has 1 N–H and O–H groups in total. The van der Waals surface area contributed by atoms with Crippen LogP contribution in [0.15, 0.2) is 18.2 Å². The molecular weight excluding hydrogens is 212 g/mol. The zero-order valence-electron chi connectivity index (χ0n) is 10.6. The molecule has 0 saturated carbocycles. The normalized spacial score (nSPS) is 19.4. The van der Waals surface area contributed by atoms with Crippen LogP contribution in [0.4, 0.5) is 0 Å². The van der Waals surface area contributed by atoms with E-state index >= 15 is 0 Å². The number of methoxy groups -OCH3 is 1. The molecule has 1 aromatic heterocycles. The molecule has 0 aliphatic carbocycles. The van der Waals surface area contributed by atoms with Gasteiger partial charge in [0.15, 0.2) is 0 Å². The van der Waals surface area contributed by atoms with Gasteiger partial charge in [-0.2, -0.15) is 0 Å². The average molecular weight is 230 g/mol. The smallest absolute Gasteiger partial charge is 0.120 e. The molecule has 2 heterocycles. The van der Waals surface area contributed by atoms with Crippen LogP contribution >= 0.6 is 0 Å². The fraction of sp³-hybridized carbons (Fsp3) is 0.429. The maximum Gasteiger partial charge on any atom is 0.120 e. The Bertz CT molecular complexity index is 571. The number of hydrogen-bond donors (Lipinski definition) is 1. The molecule has 1 atom stereocenters. The minimum atomic E-state index is 0.579. The van der Waals surface area contributed by atoms with E-state index in [9.17, 15) is 0 Å². The van der Waals surface area contributed by atoms with Crippen molar-refractivity contribution in [1.82, 2.24) is 9.88 Å². The van der Waals surface area contributed by atoms with Gasteiger partial charge >= 0.3 is 0 Å². The Morgan fingerprint density at radius 3 is 3.00 bits per heavy atom. The lowest BCUT2D eigenvalue weighted by Crippen LogP contribution is -2.27. The predicted octanol–water partition coefficient (Wildman–Crippen LogP) is 2.39. The third-order valence-corrected chi connectivity index (χ3v) is 3.81. The Balaban J connectivity index is 2.32. The lowest BCUT2D eigenvalue weighted by molar-refractivity contribution is 0.415. The van der Waals surface area contributed by atoms with E-state index in [-0.39, 0.29) is 0 Å².